The first-order valence-electron chi connectivity index (χ1n) is 7.70. The summed E-state index contributed by atoms with van der Waals surface area (Å²) in [5, 5.41) is 3.57. The summed E-state index contributed by atoms with van der Waals surface area (Å²) in [7, 11) is 3.20. The minimum Gasteiger partial charge on any atom is -0.497 e. The van der Waals surface area contributed by atoms with Crippen molar-refractivity contribution >= 4 is 34.4 Å². The van der Waals surface area contributed by atoms with E-state index in [2.05, 4.69) is 15.3 Å². The number of aryl methyl sites for hydroxylation is 1. The predicted molar refractivity (Wildman–Crippen MR) is 99.7 cm³/mol. The van der Waals surface area contributed by atoms with Crippen LogP contribution in [0.3, 0.4) is 0 Å². The fraction of sp³-hybridized carbons (Fsp3) is 0.222. The van der Waals surface area contributed by atoms with Gasteiger partial charge in [0, 0.05) is 6.07 Å². The molecule has 1 heterocycles. The molecular weight excluding hydrogens is 338 g/mol. The summed E-state index contributed by atoms with van der Waals surface area (Å²) in [6.45, 7) is 1.96. The zero-order valence-electron chi connectivity index (χ0n) is 14.3. The van der Waals surface area contributed by atoms with Crippen LogP contribution in [0.2, 0.25) is 0 Å². The minimum atomic E-state index is -0.119. The molecule has 6 nitrogen and oxygen atoms in total. The number of anilines is 1. The average Bonchev–Trinajstić information content (AvgIpc) is 3.02. The van der Waals surface area contributed by atoms with Crippen molar-refractivity contribution in [1.82, 2.24) is 9.97 Å². The van der Waals surface area contributed by atoms with Gasteiger partial charge in [0.2, 0.25) is 5.91 Å². The van der Waals surface area contributed by atoms with Gasteiger partial charge in [-0.25, -0.2) is 4.98 Å². The normalized spacial score (nSPS) is 10.7. The number of carbonyl (C=O) groups excluding carboxylic acids is 1. The molecule has 0 atom stereocenters. The highest BCUT2D eigenvalue weighted by atomic mass is 32.2. The second-order valence-electron chi connectivity index (χ2n) is 5.47. The standard InChI is InChI=1S/C18H19N3O3S/c1-11-4-7-16(24-3)15(8-11)19-17(22)10-25-18-20-13-6-5-12(23-2)9-14(13)21-18/h4-9H,10H2,1-3H3,(H,19,22)(H,20,21). The largest absolute Gasteiger partial charge is 0.497 e. The highest BCUT2D eigenvalue weighted by molar-refractivity contribution is 7.99. The number of ether oxygens (including phenoxy) is 2. The summed E-state index contributed by atoms with van der Waals surface area (Å²) in [6, 6.07) is 11.3. The van der Waals surface area contributed by atoms with Crippen molar-refractivity contribution in [2.24, 2.45) is 0 Å². The highest BCUT2D eigenvalue weighted by Gasteiger charge is 2.10. The predicted octanol–water partition coefficient (Wildman–Crippen LogP) is 3.62. The number of thioether (sulfide) groups is 1. The maximum Gasteiger partial charge on any atom is 0.234 e. The Morgan fingerprint density at radius 1 is 1.20 bits per heavy atom. The van der Waals surface area contributed by atoms with Gasteiger partial charge in [0.15, 0.2) is 5.16 Å². The van der Waals surface area contributed by atoms with Crippen LogP contribution in [0, 0.1) is 6.92 Å². The quantitative estimate of drug-likeness (QED) is 0.659. The zero-order valence-corrected chi connectivity index (χ0v) is 15.1. The number of aromatic nitrogens is 2. The molecule has 0 aliphatic heterocycles. The molecule has 2 aromatic carbocycles. The minimum absolute atomic E-state index is 0.119. The molecule has 0 bridgehead atoms. The fourth-order valence-electron chi connectivity index (χ4n) is 2.40. The number of imidazole rings is 1. The summed E-state index contributed by atoms with van der Waals surface area (Å²) in [6.07, 6.45) is 0. The average molecular weight is 357 g/mol. The van der Waals surface area contributed by atoms with E-state index in [1.54, 1.807) is 14.2 Å². The Balaban J connectivity index is 1.65. The summed E-state index contributed by atoms with van der Waals surface area (Å²) in [4.78, 5) is 19.9. The van der Waals surface area contributed by atoms with E-state index in [4.69, 9.17) is 9.47 Å². The van der Waals surface area contributed by atoms with Crippen molar-refractivity contribution < 1.29 is 14.3 Å². The van der Waals surface area contributed by atoms with Crippen molar-refractivity contribution in [1.29, 1.82) is 0 Å². The lowest BCUT2D eigenvalue weighted by Crippen LogP contribution is -2.15. The van der Waals surface area contributed by atoms with E-state index < -0.39 is 0 Å². The first-order valence-corrected chi connectivity index (χ1v) is 8.68. The monoisotopic (exact) mass is 357 g/mol. The van der Waals surface area contributed by atoms with E-state index in [1.165, 1.54) is 11.8 Å². The van der Waals surface area contributed by atoms with Crippen LogP contribution in [0.15, 0.2) is 41.6 Å². The number of benzene rings is 2. The molecule has 25 heavy (non-hydrogen) atoms. The molecule has 3 rings (SSSR count). The van der Waals surface area contributed by atoms with Gasteiger partial charge < -0.3 is 19.8 Å². The Morgan fingerprint density at radius 3 is 2.80 bits per heavy atom. The van der Waals surface area contributed by atoms with Gasteiger partial charge in [0.05, 0.1) is 36.7 Å². The highest BCUT2D eigenvalue weighted by Crippen LogP contribution is 2.26. The van der Waals surface area contributed by atoms with Gasteiger partial charge >= 0.3 is 0 Å². The van der Waals surface area contributed by atoms with Gasteiger partial charge in [-0.3, -0.25) is 4.79 Å². The summed E-state index contributed by atoms with van der Waals surface area (Å²) in [5.41, 5.74) is 3.43. The SMILES string of the molecule is COc1ccc2nc(SCC(=O)Nc3cc(C)ccc3OC)[nH]c2c1. The van der Waals surface area contributed by atoms with Gasteiger partial charge in [-0.2, -0.15) is 0 Å². The van der Waals surface area contributed by atoms with Crippen LogP contribution in [0.25, 0.3) is 11.0 Å². The van der Waals surface area contributed by atoms with E-state index in [-0.39, 0.29) is 11.7 Å². The molecule has 0 aliphatic rings. The number of hydrogen-bond acceptors (Lipinski definition) is 5. The Bertz CT molecular complexity index is 908. The van der Waals surface area contributed by atoms with E-state index in [0.29, 0.717) is 16.6 Å². The third-order valence-corrected chi connectivity index (χ3v) is 4.51. The van der Waals surface area contributed by atoms with Gasteiger partial charge in [-0.05, 0) is 36.8 Å². The molecule has 0 radical (unpaired) electrons. The number of aromatic amines is 1. The molecule has 0 saturated carbocycles. The Labute approximate surface area is 149 Å². The fourth-order valence-corrected chi connectivity index (χ4v) is 3.09. The number of rotatable bonds is 6. The smallest absolute Gasteiger partial charge is 0.234 e. The second-order valence-corrected chi connectivity index (χ2v) is 6.43. The molecule has 0 spiro atoms. The van der Waals surface area contributed by atoms with Crippen LogP contribution < -0.4 is 14.8 Å². The third-order valence-electron chi connectivity index (χ3n) is 3.64. The van der Waals surface area contributed by atoms with Crippen molar-refractivity contribution in [3.8, 4) is 11.5 Å². The summed E-state index contributed by atoms with van der Waals surface area (Å²) < 4.78 is 10.5. The lowest BCUT2D eigenvalue weighted by molar-refractivity contribution is -0.113. The number of methoxy groups -OCH3 is 2. The number of amides is 1. The van der Waals surface area contributed by atoms with Crippen LogP contribution in [0.4, 0.5) is 5.69 Å². The number of nitrogens with one attached hydrogen (secondary N) is 2. The van der Waals surface area contributed by atoms with Crippen molar-refractivity contribution in [3.05, 3.63) is 42.0 Å². The Kier molecular flexibility index (Phi) is 5.14. The van der Waals surface area contributed by atoms with Crippen LogP contribution in [-0.4, -0.2) is 35.8 Å². The van der Waals surface area contributed by atoms with E-state index >= 15 is 0 Å². The van der Waals surface area contributed by atoms with Crippen molar-refractivity contribution in [2.75, 3.05) is 25.3 Å². The maximum absolute atomic E-state index is 12.2. The topological polar surface area (TPSA) is 76.2 Å². The second kappa shape index (κ2) is 7.48. The molecule has 1 aromatic heterocycles. The number of nitrogens with zero attached hydrogens (tertiary/aromatic N) is 1. The van der Waals surface area contributed by atoms with Crippen LogP contribution in [0.5, 0.6) is 11.5 Å². The third kappa shape index (κ3) is 4.06. The Hall–Kier alpha value is -2.67. The molecule has 0 unspecified atom stereocenters. The number of hydrogen-bond donors (Lipinski definition) is 2. The molecule has 0 fully saturated rings. The van der Waals surface area contributed by atoms with E-state index in [1.807, 2.05) is 43.3 Å². The van der Waals surface area contributed by atoms with Crippen molar-refractivity contribution in [2.45, 2.75) is 12.1 Å². The lowest BCUT2D eigenvalue weighted by Gasteiger charge is -2.10. The van der Waals surface area contributed by atoms with Gasteiger partial charge in [0.25, 0.3) is 0 Å². The van der Waals surface area contributed by atoms with Crippen LogP contribution >= 0.6 is 11.8 Å². The van der Waals surface area contributed by atoms with Gasteiger partial charge in [0.1, 0.15) is 11.5 Å². The molecular formula is C18H19N3O3S. The van der Waals surface area contributed by atoms with Gasteiger partial charge in [-0.1, -0.05) is 17.8 Å². The molecule has 0 aliphatic carbocycles. The maximum atomic E-state index is 12.2. The van der Waals surface area contributed by atoms with E-state index in [9.17, 15) is 4.79 Å². The molecule has 3 aromatic rings. The van der Waals surface area contributed by atoms with Crippen LogP contribution in [0.1, 0.15) is 5.56 Å². The number of fused-ring (bicyclic) bond motifs is 1. The van der Waals surface area contributed by atoms with Crippen molar-refractivity contribution in [3.63, 3.8) is 0 Å². The summed E-state index contributed by atoms with van der Waals surface area (Å²) in [5.74, 6) is 1.53. The molecule has 2 N–H and O–H groups in total. The van der Waals surface area contributed by atoms with Crippen LogP contribution in [-0.2, 0) is 4.79 Å². The lowest BCUT2D eigenvalue weighted by atomic mass is 10.2. The molecule has 1 amide bonds. The zero-order chi connectivity index (χ0) is 17.8. The summed E-state index contributed by atoms with van der Waals surface area (Å²) >= 11 is 1.34. The van der Waals surface area contributed by atoms with Gasteiger partial charge in [-0.15, -0.1) is 0 Å². The van der Waals surface area contributed by atoms with E-state index in [0.717, 1.165) is 22.3 Å². The number of H-pyrrole nitrogens is 1. The molecule has 7 heteroatoms. The Morgan fingerprint density at radius 2 is 2.04 bits per heavy atom. The first-order chi connectivity index (χ1) is 12.1. The number of carbonyl (C=O) groups is 1. The molecule has 130 valence electrons. The first kappa shape index (κ1) is 17.2. The molecule has 0 saturated heterocycles.